The molecule has 0 aromatic heterocycles. The highest BCUT2D eigenvalue weighted by molar-refractivity contribution is 5.79. The van der Waals surface area contributed by atoms with Crippen molar-refractivity contribution < 1.29 is 9.37 Å². The fourth-order valence-electron chi connectivity index (χ4n) is 5.58. The fraction of sp³-hybridized carbons (Fsp3) is 0. The number of nitrogens with zero attached hydrogens (tertiary/aromatic N) is 6. The largest absolute Gasteiger partial charge is 0.290 e. The molecule has 6 aromatic carbocycles. The summed E-state index contributed by atoms with van der Waals surface area (Å²) in [7, 11) is 0. The van der Waals surface area contributed by atoms with E-state index < -0.39 is 0 Å². The minimum absolute atomic E-state index is 1.01. The minimum atomic E-state index is 1.01. The maximum Gasteiger partial charge on any atom is 0.290 e. The summed E-state index contributed by atoms with van der Waals surface area (Å²) in [6.45, 7) is 0. The number of anilines is 4. The van der Waals surface area contributed by atoms with Gasteiger partial charge in [-0.05, 0) is 95.0 Å². The van der Waals surface area contributed by atoms with Crippen LogP contribution in [-0.4, -0.2) is 22.0 Å². The van der Waals surface area contributed by atoms with Crippen LogP contribution in [0.1, 0.15) is 0 Å². The quantitative estimate of drug-likeness (QED) is 0.186. The Morgan fingerprint density at radius 3 is 1.00 bits per heavy atom. The summed E-state index contributed by atoms with van der Waals surface area (Å²) in [5, 5.41) is 8.12. The second kappa shape index (κ2) is 12.0. The molecule has 2 N–H and O–H groups in total. The SMILES string of the molecule is C1=[N+](c2ccccc2)N(c2ccc(-c3ccc(N4NN(c5ccccc5)C=[N+]4c4ccccc4)cc3)cc2)NN1c1ccccc1. The zero-order valence-corrected chi connectivity index (χ0v) is 25.0. The van der Waals surface area contributed by atoms with Gasteiger partial charge in [-0.25, -0.2) is 0 Å². The van der Waals surface area contributed by atoms with E-state index in [0.717, 1.165) is 45.3 Å². The molecular weight excluding hydrogens is 568 g/mol. The maximum absolute atomic E-state index is 3.52. The first-order chi connectivity index (χ1) is 22.8. The Morgan fingerprint density at radius 2 is 0.652 bits per heavy atom. The van der Waals surface area contributed by atoms with Crippen molar-refractivity contribution in [2.24, 2.45) is 0 Å². The van der Waals surface area contributed by atoms with Gasteiger partial charge in [0.1, 0.15) is 22.7 Å². The lowest BCUT2D eigenvalue weighted by Crippen LogP contribution is -2.44. The van der Waals surface area contributed by atoms with Gasteiger partial charge in [0.25, 0.3) is 12.7 Å². The van der Waals surface area contributed by atoms with Crippen molar-refractivity contribution in [1.29, 1.82) is 0 Å². The molecule has 0 fully saturated rings. The van der Waals surface area contributed by atoms with Gasteiger partial charge in [-0.1, -0.05) is 97.1 Å². The minimum Gasteiger partial charge on any atom is -0.129 e. The van der Waals surface area contributed by atoms with Gasteiger partial charge in [0.15, 0.2) is 11.4 Å². The van der Waals surface area contributed by atoms with Gasteiger partial charge >= 0.3 is 0 Å². The topological polar surface area (TPSA) is 43.0 Å². The second-order valence-electron chi connectivity index (χ2n) is 10.9. The first-order valence-electron chi connectivity index (χ1n) is 15.2. The standard InChI is InChI=1S/C38H32N8/c1-5-13-33(14-6-1)41-29-43(35-17-9-3-10-18-35)45(39-41)37-25-21-31(22-26-37)32-23-27-38(28-24-32)46-40-42(34-15-7-2-8-16-34)30-44(46)36-19-11-4-12-20-36/h1-30,39-40H/q+2. The Hall–Kier alpha value is -6.22. The Balaban J connectivity index is 1.05. The van der Waals surface area contributed by atoms with Crippen LogP contribution in [0.15, 0.2) is 170 Å². The molecule has 0 aliphatic carbocycles. The summed E-state index contributed by atoms with van der Waals surface area (Å²) >= 11 is 0. The zero-order chi connectivity index (χ0) is 30.7. The van der Waals surface area contributed by atoms with Crippen molar-refractivity contribution >= 4 is 46.8 Å². The normalized spacial score (nSPS) is 14.4. The van der Waals surface area contributed by atoms with E-state index in [2.05, 4.69) is 130 Å². The molecule has 8 heteroatoms. The molecular formula is C38H32N8+2. The number of hydrogen-bond acceptors (Lipinski definition) is 6. The van der Waals surface area contributed by atoms with Crippen molar-refractivity contribution in [2.45, 2.75) is 0 Å². The highest BCUT2D eigenvalue weighted by Crippen LogP contribution is 2.30. The molecule has 2 aliphatic rings. The first kappa shape index (κ1) is 27.3. The average Bonchev–Trinajstić information content (AvgIpc) is 3.80. The number of para-hydroxylation sites is 4. The van der Waals surface area contributed by atoms with Crippen molar-refractivity contribution in [3.05, 3.63) is 170 Å². The molecule has 0 radical (unpaired) electrons. The monoisotopic (exact) mass is 600 g/mol. The van der Waals surface area contributed by atoms with Crippen LogP contribution < -0.4 is 31.3 Å². The molecule has 6 aromatic rings. The molecule has 46 heavy (non-hydrogen) atoms. The van der Waals surface area contributed by atoms with E-state index in [1.807, 2.05) is 93.1 Å². The van der Waals surface area contributed by atoms with Gasteiger partial charge in [0.05, 0.1) is 0 Å². The third-order valence-electron chi connectivity index (χ3n) is 7.95. The fourth-order valence-corrected chi connectivity index (χ4v) is 5.58. The molecule has 2 heterocycles. The lowest BCUT2D eigenvalue weighted by Gasteiger charge is -2.19. The molecule has 8 rings (SSSR count). The van der Waals surface area contributed by atoms with E-state index in [9.17, 15) is 0 Å². The van der Waals surface area contributed by atoms with Gasteiger partial charge < -0.3 is 0 Å². The van der Waals surface area contributed by atoms with Crippen LogP contribution in [-0.2, 0) is 0 Å². The average molecular weight is 601 g/mol. The molecule has 0 atom stereocenters. The van der Waals surface area contributed by atoms with Gasteiger partial charge in [-0.2, -0.15) is 0 Å². The van der Waals surface area contributed by atoms with Crippen molar-refractivity contribution in [1.82, 2.24) is 11.1 Å². The van der Waals surface area contributed by atoms with Crippen LogP contribution in [0.25, 0.3) is 11.1 Å². The van der Waals surface area contributed by atoms with E-state index in [4.69, 9.17) is 0 Å². The summed E-state index contributed by atoms with van der Waals surface area (Å²) in [4.78, 5) is 0. The molecule has 0 saturated heterocycles. The third kappa shape index (κ3) is 5.35. The van der Waals surface area contributed by atoms with E-state index in [0.29, 0.717) is 0 Å². The van der Waals surface area contributed by atoms with Crippen molar-refractivity contribution in [2.75, 3.05) is 20.3 Å². The van der Waals surface area contributed by atoms with E-state index >= 15 is 0 Å². The second-order valence-corrected chi connectivity index (χ2v) is 10.9. The van der Waals surface area contributed by atoms with E-state index in [1.165, 1.54) is 0 Å². The lowest BCUT2D eigenvalue weighted by atomic mass is 10.1. The number of hydrazine groups is 6. The van der Waals surface area contributed by atoms with Crippen LogP contribution in [0, 0.1) is 0 Å². The van der Waals surface area contributed by atoms with Gasteiger partial charge in [0, 0.05) is 0 Å². The van der Waals surface area contributed by atoms with Gasteiger partial charge in [0.2, 0.25) is 0 Å². The van der Waals surface area contributed by atoms with E-state index in [-0.39, 0.29) is 0 Å². The summed E-state index contributed by atoms with van der Waals surface area (Å²) < 4.78 is 4.21. The molecule has 0 saturated carbocycles. The van der Waals surface area contributed by atoms with Crippen LogP contribution in [0.5, 0.6) is 0 Å². The number of hydrazone groups is 2. The van der Waals surface area contributed by atoms with Crippen LogP contribution in [0.3, 0.4) is 0 Å². The number of nitrogens with one attached hydrogen (secondary N) is 2. The summed E-state index contributed by atoms with van der Waals surface area (Å²) in [6.07, 6.45) is 4.11. The van der Waals surface area contributed by atoms with Crippen LogP contribution in [0.4, 0.5) is 34.1 Å². The highest BCUT2D eigenvalue weighted by atomic mass is 15.9. The summed E-state index contributed by atoms with van der Waals surface area (Å²) in [5.74, 6) is 0. The molecule has 222 valence electrons. The molecule has 0 unspecified atom stereocenters. The molecule has 2 aliphatic heterocycles. The van der Waals surface area contributed by atoms with Gasteiger partial charge in [-0.3, -0.25) is 0 Å². The van der Waals surface area contributed by atoms with E-state index in [1.54, 1.807) is 0 Å². The predicted octanol–water partition coefficient (Wildman–Crippen LogP) is 7.42. The molecule has 0 amide bonds. The Kier molecular flexibility index (Phi) is 7.16. The predicted molar refractivity (Wildman–Crippen MR) is 186 cm³/mol. The molecule has 8 nitrogen and oxygen atoms in total. The number of rotatable bonds is 7. The Morgan fingerprint density at radius 1 is 0.326 bits per heavy atom. The van der Waals surface area contributed by atoms with Gasteiger partial charge in [-0.15, -0.1) is 29.6 Å². The smallest absolute Gasteiger partial charge is 0.129 e. The highest BCUT2D eigenvalue weighted by Gasteiger charge is 2.33. The zero-order valence-electron chi connectivity index (χ0n) is 25.0. The molecule has 0 spiro atoms. The van der Waals surface area contributed by atoms with Crippen LogP contribution >= 0.6 is 0 Å². The first-order valence-corrected chi connectivity index (χ1v) is 15.2. The number of hydrogen-bond donors (Lipinski definition) is 2. The maximum atomic E-state index is 3.52. The number of benzene rings is 6. The summed E-state index contributed by atoms with van der Waals surface area (Å²) in [5.41, 5.74) is 15.5. The van der Waals surface area contributed by atoms with Crippen molar-refractivity contribution in [3.63, 3.8) is 0 Å². The third-order valence-corrected chi connectivity index (χ3v) is 7.95. The Bertz CT molecular complexity index is 1830. The molecule has 0 bridgehead atoms. The van der Waals surface area contributed by atoms with Crippen molar-refractivity contribution in [3.8, 4) is 11.1 Å². The summed E-state index contributed by atoms with van der Waals surface area (Å²) in [6, 6.07) is 58.4. The lowest BCUT2D eigenvalue weighted by molar-refractivity contribution is -0.450. The Labute approximate surface area is 268 Å². The van der Waals surface area contributed by atoms with Crippen LogP contribution in [0.2, 0.25) is 0 Å².